The van der Waals surface area contributed by atoms with Crippen LogP contribution in [0.5, 0.6) is 0 Å². The highest BCUT2D eigenvalue weighted by Crippen LogP contribution is 2.34. The number of Topliss-reactive ketones (excluding diaryl/α,β-unsaturated/α-hetero) is 1. The van der Waals surface area contributed by atoms with Crippen molar-refractivity contribution >= 4 is 22.2 Å². The quantitative estimate of drug-likeness (QED) is 0.632. The van der Waals surface area contributed by atoms with Crippen LogP contribution in [-0.2, 0) is 4.79 Å². The summed E-state index contributed by atoms with van der Waals surface area (Å²) in [5.74, 6) is 0.406. The Morgan fingerprint density at radius 1 is 0.923 bits per heavy atom. The van der Waals surface area contributed by atoms with Crippen molar-refractivity contribution in [2.45, 2.75) is 38.1 Å². The summed E-state index contributed by atoms with van der Waals surface area (Å²) in [4.78, 5) is 16.9. The fourth-order valence-electron chi connectivity index (χ4n) is 3.98. The zero-order chi connectivity index (χ0) is 17.8. The fourth-order valence-corrected chi connectivity index (χ4v) is 3.98. The molecular formula is C23H24N2O. The van der Waals surface area contributed by atoms with Crippen molar-refractivity contribution in [2.75, 3.05) is 5.32 Å². The number of benzene rings is 2. The van der Waals surface area contributed by atoms with Crippen LogP contribution < -0.4 is 5.32 Å². The summed E-state index contributed by atoms with van der Waals surface area (Å²) in [6.45, 7) is 0. The number of nitrogens with one attached hydrogen (secondary N) is 1. The lowest BCUT2D eigenvalue weighted by Gasteiger charge is -2.28. The lowest BCUT2D eigenvalue weighted by Crippen LogP contribution is -2.27. The number of anilines is 1. The number of aromatic nitrogens is 1. The van der Waals surface area contributed by atoms with Crippen molar-refractivity contribution in [3.05, 3.63) is 72.6 Å². The van der Waals surface area contributed by atoms with Crippen LogP contribution in [0.25, 0.3) is 10.8 Å². The molecule has 3 nitrogen and oxygen atoms in total. The van der Waals surface area contributed by atoms with E-state index in [1.807, 2.05) is 24.5 Å². The molecule has 2 unspecified atom stereocenters. The second-order valence-corrected chi connectivity index (χ2v) is 7.14. The molecular weight excluding hydrogens is 320 g/mol. The smallest absolute Gasteiger partial charge is 0.138 e. The maximum atomic E-state index is 12.8. The lowest BCUT2D eigenvalue weighted by molar-refractivity contribution is -0.123. The molecule has 0 radical (unpaired) electrons. The third-order valence-corrected chi connectivity index (χ3v) is 5.39. The Kier molecular flexibility index (Phi) is 4.96. The molecule has 0 spiro atoms. The van der Waals surface area contributed by atoms with E-state index in [1.165, 1.54) is 10.8 Å². The Balaban J connectivity index is 1.68. The molecule has 2 atom stereocenters. The normalized spacial score (nSPS) is 19.1. The van der Waals surface area contributed by atoms with Gasteiger partial charge in [0.2, 0.25) is 0 Å². The summed E-state index contributed by atoms with van der Waals surface area (Å²) < 4.78 is 0. The number of pyridine rings is 1. The maximum absolute atomic E-state index is 12.8. The highest BCUT2D eigenvalue weighted by atomic mass is 16.1. The first-order chi connectivity index (χ1) is 12.8. The first kappa shape index (κ1) is 16.8. The van der Waals surface area contributed by atoms with Crippen LogP contribution in [0.15, 0.2) is 67.0 Å². The van der Waals surface area contributed by atoms with Gasteiger partial charge in [0, 0.05) is 30.4 Å². The number of carbonyl (C=O) groups excluding carboxylic acids is 1. The summed E-state index contributed by atoms with van der Waals surface area (Å²) in [6.07, 6.45) is 8.57. The molecule has 1 saturated carbocycles. The molecule has 26 heavy (non-hydrogen) atoms. The Hall–Kier alpha value is -2.68. The summed E-state index contributed by atoms with van der Waals surface area (Å²) in [7, 11) is 0. The van der Waals surface area contributed by atoms with Gasteiger partial charge in [0.15, 0.2) is 0 Å². The number of carbonyl (C=O) groups is 1. The van der Waals surface area contributed by atoms with Crippen molar-refractivity contribution in [1.82, 2.24) is 4.98 Å². The number of fused-ring (bicyclic) bond motifs is 1. The number of hydrogen-bond acceptors (Lipinski definition) is 3. The van der Waals surface area contributed by atoms with Crippen LogP contribution in [0.3, 0.4) is 0 Å². The van der Waals surface area contributed by atoms with E-state index in [9.17, 15) is 4.79 Å². The van der Waals surface area contributed by atoms with E-state index >= 15 is 0 Å². The zero-order valence-corrected chi connectivity index (χ0v) is 14.9. The Morgan fingerprint density at radius 3 is 2.58 bits per heavy atom. The van der Waals surface area contributed by atoms with Gasteiger partial charge in [-0.05, 0) is 53.4 Å². The molecule has 1 aliphatic carbocycles. The Morgan fingerprint density at radius 2 is 1.73 bits per heavy atom. The molecule has 0 saturated heterocycles. The number of hydrogen-bond donors (Lipinski definition) is 1. The topological polar surface area (TPSA) is 42.0 Å². The molecule has 2 aromatic carbocycles. The van der Waals surface area contributed by atoms with E-state index in [2.05, 4.69) is 52.8 Å². The molecule has 1 aliphatic rings. The van der Waals surface area contributed by atoms with Gasteiger partial charge in [-0.1, -0.05) is 43.2 Å². The molecule has 0 bridgehead atoms. The number of ketones is 1. The van der Waals surface area contributed by atoms with Gasteiger partial charge in [-0.25, -0.2) is 0 Å². The van der Waals surface area contributed by atoms with E-state index in [1.54, 1.807) is 0 Å². The average molecular weight is 344 g/mol. The molecule has 1 fully saturated rings. The summed E-state index contributed by atoms with van der Waals surface area (Å²) in [5.41, 5.74) is 2.19. The van der Waals surface area contributed by atoms with Gasteiger partial charge in [-0.3, -0.25) is 9.78 Å². The largest absolute Gasteiger partial charge is 0.377 e. The van der Waals surface area contributed by atoms with Gasteiger partial charge in [0.1, 0.15) is 5.78 Å². The maximum Gasteiger partial charge on any atom is 0.138 e. The van der Waals surface area contributed by atoms with E-state index in [-0.39, 0.29) is 12.0 Å². The van der Waals surface area contributed by atoms with Gasteiger partial charge in [0.05, 0.1) is 6.04 Å². The molecule has 3 aromatic rings. The zero-order valence-electron chi connectivity index (χ0n) is 14.9. The Bertz CT molecular complexity index is 891. The van der Waals surface area contributed by atoms with Crippen molar-refractivity contribution in [3.63, 3.8) is 0 Å². The highest BCUT2D eigenvalue weighted by molar-refractivity contribution is 5.86. The van der Waals surface area contributed by atoms with Crippen LogP contribution in [0.2, 0.25) is 0 Å². The predicted molar refractivity (Wildman–Crippen MR) is 106 cm³/mol. The highest BCUT2D eigenvalue weighted by Gasteiger charge is 2.30. The second kappa shape index (κ2) is 7.69. The van der Waals surface area contributed by atoms with E-state index < -0.39 is 0 Å². The third kappa shape index (κ3) is 3.62. The number of rotatable bonds is 4. The number of nitrogens with zero attached hydrogens (tertiary/aromatic N) is 1. The SMILES string of the molecule is O=C1CCCCCC1C(Nc1ccc2ccccc2c1)c1ccncc1. The third-order valence-electron chi connectivity index (χ3n) is 5.39. The van der Waals surface area contributed by atoms with E-state index in [0.717, 1.165) is 36.9 Å². The molecule has 0 amide bonds. The summed E-state index contributed by atoms with van der Waals surface area (Å²) in [6, 6.07) is 18.8. The van der Waals surface area contributed by atoms with E-state index in [0.29, 0.717) is 12.2 Å². The van der Waals surface area contributed by atoms with Crippen LogP contribution in [0.1, 0.15) is 43.7 Å². The minimum atomic E-state index is -0.00948. The van der Waals surface area contributed by atoms with Crippen LogP contribution in [0.4, 0.5) is 5.69 Å². The van der Waals surface area contributed by atoms with Crippen LogP contribution in [-0.4, -0.2) is 10.8 Å². The average Bonchev–Trinajstić information content (AvgIpc) is 2.91. The van der Waals surface area contributed by atoms with Crippen molar-refractivity contribution in [1.29, 1.82) is 0 Å². The summed E-state index contributed by atoms with van der Waals surface area (Å²) >= 11 is 0. The molecule has 1 N–H and O–H groups in total. The monoisotopic (exact) mass is 344 g/mol. The second-order valence-electron chi connectivity index (χ2n) is 7.14. The van der Waals surface area contributed by atoms with Crippen molar-refractivity contribution < 1.29 is 4.79 Å². The minimum Gasteiger partial charge on any atom is -0.377 e. The Labute approximate surface area is 154 Å². The first-order valence-electron chi connectivity index (χ1n) is 9.49. The molecule has 3 heteroatoms. The van der Waals surface area contributed by atoms with Crippen molar-refractivity contribution in [2.24, 2.45) is 5.92 Å². The predicted octanol–water partition coefficient (Wildman–Crippen LogP) is 5.54. The molecule has 132 valence electrons. The van der Waals surface area contributed by atoms with Crippen LogP contribution >= 0.6 is 0 Å². The molecule has 1 aromatic heterocycles. The van der Waals surface area contributed by atoms with Gasteiger partial charge in [-0.2, -0.15) is 0 Å². The fraction of sp³-hybridized carbons (Fsp3) is 0.304. The van der Waals surface area contributed by atoms with Gasteiger partial charge in [-0.15, -0.1) is 0 Å². The van der Waals surface area contributed by atoms with Crippen LogP contribution in [0, 0.1) is 5.92 Å². The van der Waals surface area contributed by atoms with Crippen molar-refractivity contribution in [3.8, 4) is 0 Å². The van der Waals surface area contributed by atoms with E-state index in [4.69, 9.17) is 0 Å². The molecule has 4 rings (SSSR count). The molecule has 1 heterocycles. The lowest BCUT2D eigenvalue weighted by atomic mass is 9.86. The first-order valence-corrected chi connectivity index (χ1v) is 9.49. The van der Waals surface area contributed by atoms with Gasteiger partial charge in [0.25, 0.3) is 0 Å². The summed E-state index contributed by atoms with van der Waals surface area (Å²) in [5, 5.41) is 6.10. The standard InChI is InChI=1S/C23H24N2O/c26-22-9-3-1-2-8-21(22)23(18-12-14-24-15-13-18)25-20-11-10-17-6-4-5-7-19(17)16-20/h4-7,10-16,21,23,25H,1-3,8-9H2. The van der Waals surface area contributed by atoms with Gasteiger partial charge < -0.3 is 5.32 Å². The minimum absolute atomic E-state index is 0.00948. The molecule has 0 aliphatic heterocycles. The van der Waals surface area contributed by atoms with Gasteiger partial charge >= 0.3 is 0 Å².